The number of nitrogens with zero attached hydrogens (tertiary/aromatic N) is 1. The van der Waals surface area contributed by atoms with Crippen LogP contribution in [-0.4, -0.2) is 27.7 Å². The molecule has 0 bridgehead atoms. The fraction of sp³-hybridized carbons (Fsp3) is 0.400. The standard InChI is InChI=1S/C15H20BrN3O/c1-2-13(20)7-8-17-10-15-18-9-14(19-15)11-3-5-12(16)6-4-11/h3-6,9,13,17,20H,2,7-8,10H2,1H3,(H,18,19). The molecule has 1 aromatic carbocycles. The lowest BCUT2D eigenvalue weighted by Gasteiger charge is -2.07. The van der Waals surface area contributed by atoms with Crippen LogP contribution in [-0.2, 0) is 6.54 Å². The summed E-state index contributed by atoms with van der Waals surface area (Å²) in [7, 11) is 0. The van der Waals surface area contributed by atoms with Gasteiger partial charge in [0.25, 0.3) is 0 Å². The minimum Gasteiger partial charge on any atom is -0.393 e. The number of hydrogen-bond donors (Lipinski definition) is 3. The number of aromatic amines is 1. The monoisotopic (exact) mass is 337 g/mol. The van der Waals surface area contributed by atoms with E-state index >= 15 is 0 Å². The topological polar surface area (TPSA) is 60.9 Å². The van der Waals surface area contributed by atoms with Crippen molar-refractivity contribution in [1.82, 2.24) is 15.3 Å². The molecule has 0 saturated carbocycles. The molecule has 0 saturated heterocycles. The van der Waals surface area contributed by atoms with Gasteiger partial charge in [-0.2, -0.15) is 0 Å². The number of H-pyrrole nitrogens is 1. The number of imidazole rings is 1. The van der Waals surface area contributed by atoms with Crippen molar-refractivity contribution >= 4 is 15.9 Å². The SMILES string of the molecule is CCC(O)CCNCc1ncc(-c2ccc(Br)cc2)[nH]1. The number of aliphatic hydroxyl groups is 1. The Balaban J connectivity index is 1.85. The first-order chi connectivity index (χ1) is 9.69. The van der Waals surface area contributed by atoms with Gasteiger partial charge in [0.1, 0.15) is 5.82 Å². The third-order valence-corrected chi connectivity index (χ3v) is 3.73. The average Bonchev–Trinajstić information content (AvgIpc) is 2.93. The van der Waals surface area contributed by atoms with E-state index in [4.69, 9.17) is 0 Å². The molecule has 1 aromatic heterocycles. The minimum absolute atomic E-state index is 0.211. The average molecular weight is 338 g/mol. The third kappa shape index (κ3) is 4.44. The summed E-state index contributed by atoms with van der Waals surface area (Å²) in [6, 6.07) is 8.12. The number of hydrogen-bond acceptors (Lipinski definition) is 3. The highest BCUT2D eigenvalue weighted by atomic mass is 79.9. The molecule has 4 nitrogen and oxygen atoms in total. The lowest BCUT2D eigenvalue weighted by molar-refractivity contribution is 0.159. The zero-order chi connectivity index (χ0) is 14.4. The van der Waals surface area contributed by atoms with Crippen LogP contribution in [0.25, 0.3) is 11.3 Å². The molecule has 20 heavy (non-hydrogen) atoms. The summed E-state index contributed by atoms with van der Waals surface area (Å²) in [6.45, 7) is 3.47. The first kappa shape index (κ1) is 15.2. The van der Waals surface area contributed by atoms with Crippen molar-refractivity contribution in [2.75, 3.05) is 6.54 Å². The Bertz CT molecular complexity index is 524. The second-order valence-corrected chi connectivity index (χ2v) is 5.69. The van der Waals surface area contributed by atoms with Gasteiger partial charge in [0.15, 0.2) is 0 Å². The molecule has 5 heteroatoms. The Hall–Kier alpha value is -1.17. The van der Waals surface area contributed by atoms with Gasteiger partial charge in [0.2, 0.25) is 0 Å². The van der Waals surface area contributed by atoms with Gasteiger partial charge in [0, 0.05) is 4.47 Å². The number of benzene rings is 1. The summed E-state index contributed by atoms with van der Waals surface area (Å²) in [4.78, 5) is 7.66. The molecule has 0 radical (unpaired) electrons. The van der Waals surface area contributed by atoms with Crippen LogP contribution >= 0.6 is 15.9 Å². The largest absolute Gasteiger partial charge is 0.393 e. The smallest absolute Gasteiger partial charge is 0.120 e. The first-order valence-corrected chi connectivity index (χ1v) is 7.67. The van der Waals surface area contributed by atoms with Crippen LogP contribution in [0.1, 0.15) is 25.6 Å². The maximum Gasteiger partial charge on any atom is 0.120 e. The highest BCUT2D eigenvalue weighted by molar-refractivity contribution is 9.10. The van der Waals surface area contributed by atoms with Crippen LogP contribution in [0.5, 0.6) is 0 Å². The highest BCUT2D eigenvalue weighted by Gasteiger charge is 2.04. The molecule has 0 aliphatic heterocycles. The number of aromatic nitrogens is 2. The van der Waals surface area contributed by atoms with E-state index in [9.17, 15) is 5.11 Å². The quantitative estimate of drug-likeness (QED) is 0.680. The molecule has 0 aliphatic carbocycles. The summed E-state index contributed by atoms with van der Waals surface area (Å²) in [5, 5.41) is 12.7. The van der Waals surface area contributed by atoms with Crippen molar-refractivity contribution in [1.29, 1.82) is 0 Å². The molecule has 0 fully saturated rings. The van der Waals surface area contributed by atoms with Crippen molar-refractivity contribution in [3.05, 3.63) is 40.8 Å². The first-order valence-electron chi connectivity index (χ1n) is 6.87. The Morgan fingerprint density at radius 2 is 2.10 bits per heavy atom. The molecule has 2 aromatic rings. The van der Waals surface area contributed by atoms with E-state index in [1.54, 1.807) is 0 Å². The molecular weight excluding hydrogens is 318 g/mol. The van der Waals surface area contributed by atoms with Gasteiger partial charge >= 0.3 is 0 Å². The van der Waals surface area contributed by atoms with Crippen molar-refractivity contribution < 1.29 is 5.11 Å². The van der Waals surface area contributed by atoms with Gasteiger partial charge in [-0.3, -0.25) is 0 Å². The summed E-state index contributed by atoms with van der Waals surface area (Å²) >= 11 is 3.43. The highest BCUT2D eigenvalue weighted by Crippen LogP contribution is 2.19. The zero-order valence-electron chi connectivity index (χ0n) is 11.6. The molecule has 1 unspecified atom stereocenters. The molecule has 2 rings (SSSR count). The second kappa shape index (κ2) is 7.57. The maximum absolute atomic E-state index is 9.46. The summed E-state index contributed by atoms with van der Waals surface area (Å²) in [5.41, 5.74) is 2.14. The predicted octanol–water partition coefficient (Wildman–Crippen LogP) is 3.09. The molecule has 1 heterocycles. The van der Waals surface area contributed by atoms with E-state index in [1.807, 2.05) is 37.4 Å². The molecule has 0 aliphatic rings. The predicted molar refractivity (Wildman–Crippen MR) is 84.3 cm³/mol. The van der Waals surface area contributed by atoms with Crippen molar-refractivity contribution in [3.8, 4) is 11.3 Å². The molecule has 0 spiro atoms. The molecule has 1 atom stereocenters. The van der Waals surface area contributed by atoms with Crippen molar-refractivity contribution in [3.63, 3.8) is 0 Å². The van der Waals surface area contributed by atoms with Crippen LogP contribution in [0.2, 0.25) is 0 Å². The molecule has 108 valence electrons. The van der Waals surface area contributed by atoms with Crippen molar-refractivity contribution in [2.45, 2.75) is 32.4 Å². The lowest BCUT2D eigenvalue weighted by atomic mass is 10.2. The number of nitrogens with one attached hydrogen (secondary N) is 2. The molecular formula is C15H20BrN3O. The normalized spacial score (nSPS) is 12.6. The zero-order valence-corrected chi connectivity index (χ0v) is 13.2. The van der Waals surface area contributed by atoms with E-state index in [-0.39, 0.29) is 6.10 Å². The Morgan fingerprint density at radius 3 is 2.80 bits per heavy atom. The minimum atomic E-state index is -0.211. The number of aliphatic hydroxyl groups excluding tert-OH is 1. The number of rotatable bonds is 7. The van der Waals surface area contributed by atoms with E-state index in [0.29, 0.717) is 6.54 Å². The van der Waals surface area contributed by atoms with Crippen molar-refractivity contribution in [2.24, 2.45) is 0 Å². The van der Waals surface area contributed by atoms with E-state index in [2.05, 4.69) is 31.2 Å². The van der Waals surface area contributed by atoms with Gasteiger partial charge in [-0.05, 0) is 37.1 Å². The summed E-state index contributed by atoms with van der Waals surface area (Å²) < 4.78 is 1.07. The second-order valence-electron chi connectivity index (χ2n) is 4.78. The fourth-order valence-corrected chi connectivity index (χ4v) is 2.17. The van der Waals surface area contributed by atoms with E-state index in [0.717, 1.165) is 40.9 Å². The van der Waals surface area contributed by atoms with Gasteiger partial charge in [-0.1, -0.05) is 35.0 Å². The van der Waals surface area contributed by atoms with Gasteiger partial charge in [-0.15, -0.1) is 0 Å². The van der Waals surface area contributed by atoms with Crippen LogP contribution in [0.4, 0.5) is 0 Å². The molecule has 0 amide bonds. The summed E-state index contributed by atoms with van der Waals surface area (Å²) in [5.74, 6) is 0.911. The molecule has 3 N–H and O–H groups in total. The third-order valence-electron chi connectivity index (χ3n) is 3.20. The Kier molecular flexibility index (Phi) is 5.76. The van der Waals surface area contributed by atoms with Crippen LogP contribution in [0.15, 0.2) is 34.9 Å². The lowest BCUT2D eigenvalue weighted by Crippen LogP contribution is -2.20. The maximum atomic E-state index is 9.46. The number of halogens is 1. The van der Waals surface area contributed by atoms with E-state index in [1.165, 1.54) is 0 Å². The Labute approximate surface area is 127 Å². The Morgan fingerprint density at radius 1 is 1.35 bits per heavy atom. The van der Waals surface area contributed by atoms with E-state index < -0.39 is 0 Å². The van der Waals surface area contributed by atoms with Crippen LogP contribution < -0.4 is 5.32 Å². The fourth-order valence-electron chi connectivity index (χ4n) is 1.91. The van der Waals surface area contributed by atoms with Gasteiger partial charge in [-0.25, -0.2) is 4.98 Å². The van der Waals surface area contributed by atoms with Gasteiger partial charge < -0.3 is 15.4 Å². The van der Waals surface area contributed by atoms with Crippen LogP contribution in [0.3, 0.4) is 0 Å². The van der Waals surface area contributed by atoms with Crippen LogP contribution in [0, 0.1) is 0 Å². The summed E-state index contributed by atoms with van der Waals surface area (Å²) in [6.07, 6.45) is 3.21. The van der Waals surface area contributed by atoms with Gasteiger partial charge in [0.05, 0.1) is 24.5 Å².